The lowest BCUT2D eigenvalue weighted by Gasteiger charge is -2.25. The Bertz CT molecular complexity index is 574. The molecular formula is C15H23N3O2S. The summed E-state index contributed by atoms with van der Waals surface area (Å²) in [4.78, 5) is 14.4. The minimum absolute atomic E-state index is 0.0170. The second kappa shape index (κ2) is 5.23. The number of amides is 1. The highest BCUT2D eigenvalue weighted by Crippen LogP contribution is 2.41. The summed E-state index contributed by atoms with van der Waals surface area (Å²) in [6.07, 6.45) is 2.39. The molecule has 21 heavy (non-hydrogen) atoms. The van der Waals surface area contributed by atoms with Crippen LogP contribution in [0.3, 0.4) is 0 Å². The van der Waals surface area contributed by atoms with Gasteiger partial charge in [-0.2, -0.15) is 5.10 Å². The van der Waals surface area contributed by atoms with Crippen LogP contribution in [0.2, 0.25) is 0 Å². The molecule has 1 aliphatic heterocycles. The maximum atomic E-state index is 12.6. The van der Waals surface area contributed by atoms with Crippen molar-refractivity contribution in [3.05, 3.63) is 17.5 Å². The molecule has 0 unspecified atom stereocenters. The molecular weight excluding hydrogens is 286 g/mol. The third kappa shape index (κ3) is 3.05. The van der Waals surface area contributed by atoms with Crippen molar-refractivity contribution in [2.45, 2.75) is 45.1 Å². The zero-order valence-electron chi connectivity index (χ0n) is 13.0. The molecule has 0 radical (unpaired) electrons. The first-order valence-corrected chi connectivity index (χ1v) is 9.10. The van der Waals surface area contributed by atoms with E-state index < -0.39 is 10.8 Å². The highest BCUT2D eigenvalue weighted by atomic mass is 32.2. The highest BCUT2D eigenvalue weighted by Gasteiger charge is 2.33. The largest absolute Gasteiger partial charge is 0.335 e. The summed E-state index contributed by atoms with van der Waals surface area (Å²) in [6, 6.07) is 1.97. The molecule has 0 aromatic carbocycles. The average molecular weight is 309 g/mol. The van der Waals surface area contributed by atoms with E-state index in [0.717, 1.165) is 0 Å². The second-order valence-electron chi connectivity index (χ2n) is 6.95. The Morgan fingerprint density at radius 1 is 1.29 bits per heavy atom. The topological polar surface area (TPSA) is 55.2 Å². The van der Waals surface area contributed by atoms with Crippen molar-refractivity contribution in [2.75, 3.05) is 24.6 Å². The van der Waals surface area contributed by atoms with Gasteiger partial charge in [0.25, 0.3) is 5.91 Å². The van der Waals surface area contributed by atoms with Gasteiger partial charge >= 0.3 is 0 Å². The van der Waals surface area contributed by atoms with E-state index in [2.05, 4.69) is 25.9 Å². The number of carbonyl (C=O) groups is 1. The maximum Gasteiger partial charge on any atom is 0.274 e. The standard InChI is InChI=1S/C15H23N3O2S/c1-15(2,3)18-13(11-4-5-11)10-12(16-18)14(19)17-6-8-21(20)9-7-17/h10-11H,4-9H2,1-3H3. The molecule has 1 saturated heterocycles. The minimum atomic E-state index is -0.764. The van der Waals surface area contributed by atoms with Crippen LogP contribution in [0.5, 0.6) is 0 Å². The van der Waals surface area contributed by atoms with E-state index in [1.54, 1.807) is 4.90 Å². The summed E-state index contributed by atoms with van der Waals surface area (Å²) in [5, 5.41) is 4.59. The van der Waals surface area contributed by atoms with Crippen molar-refractivity contribution in [3.8, 4) is 0 Å². The van der Waals surface area contributed by atoms with Crippen molar-refractivity contribution in [2.24, 2.45) is 0 Å². The molecule has 1 amide bonds. The summed E-state index contributed by atoms with van der Waals surface area (Å²) in [7, 11) is -0.764. The van der Waals surface area contributed by atoms with Crippen LogP contribution < -0.4 is 0 Å². The molecule has 1 aliphatic carbocycles. The number of hydrogen-bond acceptors (Lipinski definition) is 3. The molecule has 1 saturated carbocycles. The smallest absolute Gasteiger partial charge is 0.274 e. The molecule has 2 heterocycles. The van der Waals surface area contributed by atoms with Crippen LogP contribution in [0.25, 0.3) is 0 Å². The normalized spacial score (nSPS) is 20.8. The first kappa shape index (κ1) is 14.8. The van der Waals surface area contributed by atoms with Crippen LogP contribution in [-0.4, -0.2) is 49.4 Å². The van der Waals surface area contributed by atoms with Gasteiger partial charge in [0.2, 0.25) is 0 Å². The number of aromatic nitrogens is 2. The molecule has 2 fully saturated rings. The zero-order chi connectivity index (χ0) is 15.2. The fraction of sp³-hybridized carbons (Fsp3) is 0.733. The number of hydrogen-bond donors (Lipinski definition) is 0. The predicted octanol–water partition coefficient (Wildman–Crippen LogP) is 1.72. The van der Waals surface area contributed by atoms with E-state index in [1.165, 1.54) is 18.5 Å². The lowest BCUT2D eigenvalue weighted by atomic mass is 10.1. The fourth-order valence-corrected chi connectivity index (χ4v) is 3.76. The zero-order valence-corrected chi connectivity index (χ0v) is 13.8. The molecule has 2 aliphatic rings. The summed E-state index contributed by atoms with van der Waals surface area (Å²) in [6.45, 7) is 7.50. The Balaban J connectivity index is 1.85. The first-order valence-electron chi connectivity index (χ1n) is 7.61. The van der Waals surface area contributed by atoms with Crippen LogP contribution >= 0.6 is 0 Å². The van der Waals surface area contributed by atoms with Crippen LogP contribution in [0.1, 0.15) is 55.7 Å². The Labute approximate surface area is 128 Å². The Hall–Kier alpha value is -1.17. The number of rotatable bonds is 2. The molecule has 0 spiro atoms. The summed E-state index contributed by atoms with van der Waals surface area (Å²) in [5.74, 6) is 1.71. The van der Waals surface area contributed by atoms with Crippen LogP contribution in [-0.2, 0) is 16.3 Å². The fourth-order valence-electron chi connectivity index (χ4n) is 2.71. The molecule has 0 bridgehead atoms. The van der Waals surface area contributed by atoms with E-state index in [0.29, 0.717) is 36.2 Å². The Morgan fingerprint density at radius 2 is 1.90 bits per heavy atom. The maximum absolute atomic E-state index is 12.6. The van der Waals surface area contributed by atoms with E-state index in [4.69, 9.17) is 0 Å². The third-order valence-corrected chi connectivity index (χ3v) is 5.33. The molecule has 1 aromatic rings. The van der Waals surface area contributed by atoms with Gasteiger partial charge in [0, 0.05) is 47.0 Å². The molecule has 116 valence electrons. The molecule has 5 nitrogen and oxygen atoms in total. The molecule has 1 aromatic heterocycles. The average Bonchev–Trinajstić information content (AvgIpc) is 3.16. The van der Waals surface area contributed by atoms with Gasteiger partial charge in [0.1, 0.15) is 0 Å². The molecule has 6 heteroatoms. The van der Waals surface area contributed by atoms with Gasteiger partial charge in [-0.3, -0.25) is 13.7 Å². The van der Waals surface area contributed by atoms with Gasteiger partial charge in [0.05, 0.1) is 5.54 Å². The lowest BCUT2D eigenvalue weighted by molar-refractivity contribution is 0.0763. The Morgan fingerprint density at radius 3 is 2.43 bits per heavy atom. The minimum Gasteiger partial charge on any atom is -0.335 e. The van der Waals surface area contributed by atoms with Gasteiger partial charge in [-0.15, -0.1) is 0 Å². The van der Waals surface area contributed by atoms with E-state index >= 15 is 0 Å². The van der Waals surface area contributed by atoms with E-state index in [1.807, 2.05) is 10.7 Å². The number of nitrogens with zero attached hydrogens (tertiary/aromatic N) is 3. The summed E-state index contributed by atoms with van der Waals surface area (Å²) >= 11 is 0. The van der Waals surface area contributed by atoms with Gasteiger partial charge in [0.15, 0.2) is 5.69 Å². The third-order valence-electron chi connectivity index (χ3n) is 4.05. The van der Waals surface area contributed by atoms with Gasteiger partial charge in [-0.25, -0.2) is 0 Å². The molecule has 0 atom stereocenters. The van der Waals surface area contributed by atoms with Gasteiger partial charge in [-0.05, 0) is 39.7 Å². The van der Waals surface area contributed by atoms with E-state index in [9.17, 15) is 9.00 Å². The monoisotopic (exact) mass is 309 g/mol. The van der Waals surface area contributed by atoms with Gasteiger partial charge in [-0.1, -0.05) is 0 Å². The van der Waals surface area contributed by atoms with E-state index in [-0.39, 0.29) is 11.4 Å². The van der Waals surface area contributed by atoms with Crippen LogP contribution in [0.4, 0.5) is 0 Å². The van der Waals surface area contributed by atoms with Crippen molar-refractivity contribution >= 4 is 16.7 Å². The molecule has 3 rings (SSSR count). The Kier molecular flexibility index (Phi) is 3.67. The molecule has 0 N–H and O–H groups in total. The van der Waals surface area contributed by atoms with Gasteiger partial charge < -0.3 is 4.90 Å². The van der Waals surface area contributed by atoms with Crippen molar-refractivity contribution in [1.29, 1.82) is 0 Å². The number of carbonyl (C=O) groups excluding carboxylic acids is 1. The summed E-state index contributed by atoms with van der Waals surface area (Å²) < 4.78 is 13.4. The van der Waals surface area contributed by atoms with Crippen molar-refractivity contribution < 1.29 is 9.00 Å². The van der Waals surface area contributed by atoms with Crippen molar-refractivity contribution in [1.82, 2.24) is 14.7 Å². The first-order chi connectivity index (χ1) is 9.86. The summed E-state index contributed by atoms with van der Waals surface area (Å²) in [5.41, 5.74) is 1.62. The lowest BCUT2D eigenvalue weighted by Crippen LogP contribution is -2.42. The predicted molar refractivity (Wildman–Crippen MR) is 83.0 cm³/mol. The van der Waals surface area contributed by atoms with Crippen LogP contribution in [0, 0.1) is 0 Å². The SMILES string of the molecule is CC(C)(C)n1nc(C(=O)N2CCS(=O)CC2)cc1C1CC1. The van der Waals surface area contributed by atoms with Crippen LogP contribution in [0.15, 0.2) is 6.07 Å². The quantitative estimate of drug-likeness (QED) is 0.836. The highest BCUT2D eigenvalue weighted by molar-refractivity contribution is 7.85. The van der Waals surface area contributed by atoms with Crippen molar-refractivity contribution in [3.63, 3.8) is 0 Å². The second-order valence-corrected chi connectivity index (χ2v) is 8.65.